The predicted octanol–water partition coefficient (Wildman–Crippen LogP) is 1.65. The highest BCUT2D eigenvalue weighted by Crippen LogP contribution is 2.27. The fourth-order valence-corrected chi connectivity index (χ4v) is 2.92. The van der Waals surface area contributed by atoms with Crippen molar-refractivity contribution in [2.24, 2.45) is 21.6 Å². The lowest BCUT2D eigenvalue weighted by atomic mass is 10.0. The second-order valence-corrected chi connectivity index (χ2v) is 7.87. The third-order valence-corrected chi connectivity index (χ3v) is 4.82. The van der Waals surface area contributed by atoms with Crippen LogP contribution in [0.25, 0.3) is 0 Å². The van der Waals surface area contributed by atoms with Crippen molar-refractivity contribution in [2.45, 2.75) is 58.0 Å². The molecule has 36 heavy (non-hydrogen) atoms. The van der Waals surface area contributed by atoms with Crippen LogP contribution in [0.15, 0.2) is 33.7 Å². The number of nitrogens with zero attached hydrogens (tertiary/aromatic N) is 3. The second kappa shape index (κ2) is 16.8. The molecule has 0 amide bonds. The van der Waals surface area contributed by atoms with Crippen LogP contribution >= 0.6 is 0 Å². The van der Waals surface area contributed by atoms with E-state index in [1.54, 1.807) is 19.9 Å². The number of nitrogens with two attached hydrogens (primary N) is 1. The monoisotopic (exact) mass is 524 g/mol. The Hall–Kier alpha value is -2.75. The molecule has 12 nitrogen and oxygen atoms in total. The summed E-state index contributed by atoms with van der Waals surface area (Å²) in [5, 5.41) is 25.3. The molecule has 206 valence electrons. The summed E-state index contributed by atoms with van der Waals surface area (Å²) in [5.41, 5.74) is 6.34. The summed E-state index contributed by atoms with van der Waals surface area (Å²) in [6.07, 6.45) is 0.561. The molecule has 15 heteroatoms. The van der Waals surface area contributed by atoms with E-state index < -0.39 is 29.8 Å². The summed E-state index contributed by atoms with van der Waals surface area (Å²) < 4.78 is 51.7. The Morgan fingerprint density at radius 3 is 2.69 bits per heavy atom. The minimum Gasteiger partial charge on any atom is -0.381 e. The first kappa shape index (κ1) is 31.3. The summed E-state index contributed by atoms with van der Waals surface area (Å²) in [6.45, 7) is 5.75. The average molecular weight is 525 g/mol. The zero-order valence-corrected chi connectivity index (χ0v) is 20.3. The molecule has 2 rings (SSSR count). The van der Waals surface area contributed by atoms with E-state index in [9.17, 15) is 28.4 Å². The molecule has 0 radical (unpaired) electrons. The number of alkyl halides is 3. The Labute approximate surface area is 207 Å². The lowest BCUT2D eigenvalue weighted by Gasteiger charge is -2.25. The third kappa shape index (κ3) is 14.6. The van der Waals surface area contributed by atoms with E-state index in [4.69, 9.17) is 19.9 Å². The van der Waals surface area contributed by atoms with Crippen molar-refractivity contribution in [1.29, 1.82) is 0 Å². The van der Waals surface area contributed by atoms with Crippen molar-refractivity contribution in [3.63, 3.8) is 0 Å². The van der Waals surface area contributed by atoms with Gasteiger partial charge in [0.1, 0.15) is 6.04 Å². The van der Waals surface area contributed by atoms with Gasteiger partial charge < -0.3 is 35.7 Å². The maximum Gasteiger partial charge on any atom is 0.411 e. The Balaban J connectivity index is 0.000000488. The van der Waals surface area contributed by atoms with Gasteiger partial charge in [0.15, 0.2) is 12.1 Å². The van der Waals surface area contributed by atoms with Gasteiger partial charge in [0, 0.05) is 26.0 Å². The van der Waals surface area contributed by atoms with Crippen molar-refractivity contribution in [2.75, 3.05) is 33.0 Å². The normalized spacial score (nSPS) is 20.8. The van der Waals surface area contributed by atoms with Gasteiger partial charge in [0.05, 0.1) is 24.4 Å². The van der Waals surface area contributed by atoms with Crippen LogP contribution in [0, 0.1) is 16.0 Å². The fraction of sp³-hybridized carbons (Fsp3) is 0.714. The SMILES string of the molecule is CC1=CCC(C(F)(F)F)N=C1.CCOC(O)CN=CNC(N/C(N)=C\[N+](=O)[O-])OCC1CCOCC1. The van der Waals surface area contributed by atoms with Crippen molar-refractivity contribution >= 4 is 12.6 Å². The van der Waals surface area contributed by atoms with Crippen LogP contribution in [0.3, 0.4) is 0 Å². The summed E-state index contributed by atoms with van der Waals surface area (Å²) in [4.78, 5) is 17.1. The first-order chi connectivity index (χ1) is 17.0. The molecule has 0 aromatic heterocycles. The highest BCUT2D eigenvalue weighted by molar-refractivity contribution is 5.78. The van der Waals surface area contributed by atoms with E-state index in [2.05, 4.69) is 20.6 Å². The van der Waals surface area contributed by atoms with Crippen molar-refractivity contribution in [3.05, 3.63) is 33.8 Å². The number of ether oxygens (including phenoxy) is 3. The molecule has 0 bridgehead atoms. The summed E-state index contributed by atoms with van der Waals surface area (Å²) in [5.74, 6) is 0.189. The number of aliphatic hydroxyl groups is 1. The van der Waals surface area contributed by atoms with Gasteiger partial charge in [-0.1, -0.05) is 6.08 Å². The van der Waals surface area contributed by atoms with Gasteiger partial charge in [-0.3, -0.25) is 20.1 Å². The zero-order chi connectivity index (χ0) is 27.0. The molecule has 0 aromatic rings. The average Bonchev–Trinajstić information content (AvgIpc) is 2.80. The van der Waals surface area contributed by atoms with Crippen LogP contribution in [0.2, 0.25) is 0 Å². The second-order valence-electron chi connectivity index (χ2n) is 7.87. The molecule has 0 saturated carbocycles. The van der Waals surface area contributed by atoms with E-state index in [0.29, 0.717) is 38.5 Å². The van der Waals surface area contributed by atoms with Gasteiger partial charge >= 0.3 is 6.18 Å². The molecule has 2 heterocycles. The van der Waals surface area contributed by atoms with Crippen molar-refractivity contribution in [1.82, 2.24) is 10.6 Å². The van der Waals surface area contributed by atoms with Gasteiger partial charge in [-0.2, -0.15) is 13.2 Å². The molecule has 3 atom stereocenters. The molecular formula is C21H35F3N6O6. The number of hydrogen-bond donors (Lipinski definition) is 4. The van der Waals surface area contributed by atoms with Crippen LogP contribution in [-0.2, 0) is 14.2 Å². The Bertz CT molecular complexity index is 772. The minimum atomic E-state index is -4.19. The molecule has 2 aliphatic heterocycles. The predicted molar refractivity (Wildman–Crippen MR) is 127 cm³/mol. The van der Waals surface area contributed by atoms with Gasteiger partial charge in [-0.25, -0.2) is 0 Å². The van der Waals surface area contributed by atoms with Gasteiger partial charge in [-0.05, 0) is 44.6 Å². The highest BCUT2D eigenvalue weighted by Gasteiger charge is 2.39. The molecule has 0 aromatic carbocycles. The molecule has 2 aliphatic rings. The number of rotatable bonds is 12. The Kier molecular flexibility index (Phi) is 14.6. The quantitative estimate of drug-likeness (QED) is 0.0976. The van der Waals surface area contributed by atoms with Gasteiger partial charge in [-0.15, -0.1) is 0 Å². The molecule has 5 N–H and O–H groups in total. The topological polar surface area (TPSA) is 166 Å². The molecular weight excluding hydrogens is 489 g/mol. The summed E-state index contributed by atoms with van der Waals surface area (Å²) in [6, 6.07) is -1.52. The van der Waals surface area contributed by atoms with E-state index in [1.165, 1.54) is 12.6 Å². The van der Waals surface area contributed by atoms with Gasteiger partial charge in [0.2, 0.25) is 6.35 Å². The first-order valence-corrected chi connectivity index (χ1v) is 11.4. The van der Waals surface area contributed by atoms with E-state index in [-0.39, 0.29) is 18.8 Å². The molecule has 3 unspecified atom stereocenters. The fourth-order valence-electron chi connectivity index (χ4n) is 2.92. The molecule has 1 fully saturated rings. The number of nitrogens with one attached hydrogen (secondary N) is 2. The summed E-state index contributed by atoms with van der Waals surface area (Å²) >= 11 is 0. The molecule has 1 saturated heterocycles. The van der Waals surface area contributed by atoms with Crippen LogP contribution in [0.1, 0.15) is 33.1 Å². The molecule has 0 spiro atoms. The maximum atomic E-state index is 11.9. The zero-order valence-electron chi connectivity index (χ0n) is 20.3. The van der Waals surface area contributed by atoms with Crippen molar-refractivity contribution < 1.29 is 37.4 Å². The maximum absolute atomic E-state index is 11.9. The summed E-state index contributed by atoms with van der Waals surface area (Å²) in [7, 11) is 0. The van der Waals surface area contributed by atoms with E-state index in [1.807, 2.05) is 0 Å². The Morgan fingerprint density at radius 1 is 1.44 bits per heavy atom. The van der Waals surface area contributed by atoms with Crippen molar-refractivity contribution in [3.8, 4) is 0 Å². The number of hydrogen-bond acceptors (Lipinski definition) is 10. The first-order valence-electron chi connectivity index (χ1n) is 11.4. The molecule has 0 aliphatic carbocycles. The largest absolute Gasteiger partial charge is 0.411 e. The Morgan fingerprint density at radius 2 is 2.14 bits per heavy atom. The highest BCUT2D eigenvalue weighted by atomic mass is 19.4. The standard InChI is InChI=1S/C14H27N5O6.C7H8F3N/c1-2-24-13(20)7-16-10-17-14(18-12(15)8-19(21)22)25-9-11-3-5-23-6-4-11;1-5-2-3-6(11-4-5)7(8,9)10/h8,10-11,13-14,18,20H,2-7,9,15H2,1H3,(H,16,17);2,4,6H,3H2,1H3/b12-8-;. The smallest absolute Gasteiger partial charge is 0.381 e. The number of dihydropyridines is 1. The lowest BCUT2D eigenvalue weighted by Crippen LogP contribution is -2.46. The van der Waals surface area contributed by atoms with E-state index in [0.717, 1.165) is 18.4 Å². The van der Waals surface area contributed by atoms with Crippen LogP contribution < -0.4 is 16.4 Å². The van der Waals surface area contributed by atoms with Gasteiger partial charge in [0.25, 0.3) is 6.20 Å². The number of nitro groups is 1. The van der Waals surface area contributed by atoms with Crippen LogP contribution in [0.4, 0.5) is 13.2 Å². The number of halogens is 3. The van der Waals surface area contributed by atoms with E-state index >= 15 is 0 Å². The number of allylic oxidation sites excluding steroid dienone is 1. The number of aliphatic hydroxyl groups excluding tert-OH is 1. The lowest BCUT2D eigenvalue weighted by molar-refractivity contribution is -0.404. The number of aliphatic imine (C=N–C) groups is 2. The third-order valence-electron chi connectivity index (χ3n) is 4.82. The van der Waals surface area contributed by atoms with Crippen LogP contribution in [0.5, 0.6) is 0 Å². The minimum absolute atomic E-state index is 0.0220. The van der Waals surface area contributed by atoms with Crippen LogP contribution in [-0.4, -0.2) is 80.4 Å².